The summed E-state index contributed by atoms with van der Waals surface area (Å²) in [4.78, 5) is 2.62. The van der Waals surface area contributed by atoms with E-state index in [0.717, 1.165) is 6.42 Å². The number of likely N-dealkylation sites (tertiary alicyclic amines) is 1. The van der Waals surface area contributed by atoms with Crippen molar-refractivity contribution < 1.29 is 9.84 Å². The van der Waals surface area contributed by atoms with E-state index < -0.39 is 0 Å². The van der Waals surface area contributed by atoms with Crippen LogP contribution in [0.1, 0.15) is 51.4 Å². The molecule has 2 rings (SSSR count). The first-order valence-corrected chi connectivity index (χ1v) is 8.49. The molecular weight excluding hydrogens is 262 g/mol. The van der Waals surface area contributed by atoms with Gasteiger partial charge < -0.3 is 14.7 Å². The van der Waals surface area contributed by atoms with Crippen LogP contribution in [0, 0.1) is 0 Å². The zero-order valence-electron chi connectivity index (χ0n) is 13.1. The molecule has 3 nitrogen and oxygen atoms in total. The van der Waals surface area contributed by atoms with Crippen LogP contribution in [0.5, 0.6) is 11.5 Å². The average molecular weight is 291 g/mol. The van der Waals surface area contributed by atoms with E-state index in [1.807, 2.05) is 18.2 Å². The summed E-state index contributed by atoms with van der Waals surface area (Å²) in [5, 5.41) is 9.58. The maximum Gasteiger partial charge on any atom is 0.160 e. The summed E-state index contributed by atoms with van der Waals surface area (Å²) in [6, 6.07) is 7.17. The minimum Gasteiger partial charge on any atom is -0.504 e. The molecule has 1 heterocycles. The van der Waals surface area contributed by atoms with E-state index in [1.54, 1.807) is 6.07 Å². The zero-order valence-corrected chi connectivity index (χ0v) is 13.1. The number of phenolic OH excluding ortho intramolecular Hbond substituents is 1. The second kappa shape index (κ2) is 9.67. The number of aromatic hydroxyl groups is 1. The Labute approximate surface area is 128 Å². The Morgan fingerprint density at radius 2 is 1.62 bits per heavy atom. The highest BCUT2D eigenvalue weighted by Gasteiger charge is 2.08. The third-order valence-corrected chi connectivity index (χ3v) is 4.19. The van der Waals surface area contributed by atoms with E-state index in [-0.39, 0.29) is 5.75 Å². The Bertz CT molecular complexity index is 389. The van der Waals surface area contributed by atoms with Crippen molar-refractivity contribution in [2.24, 2.45) is 0 Å². The van der Waals surface area contributed by atoms with Crippen LogP contribution in [0.3, 0.4) is 0 Å². The number of hydrogen-bond donors (Lipinski definition) is 1. The number of hydrogen-bond acceptors (Lipinski definition) is 3. The molecule has 0 aromatic heterocycles. The average Bonchev–Trinajstić information content (AvgIpc) is 2.52. The molecule has 21 heavy (non-hydrogen) atoms. The van der Waals surface area contributed by atoms with Gasteiger partial charge >= 0.3 is 0 Å². The maximum absolute atomic E-state index is 9.58. The molecule has 1 aromatic rings. The lowest BCUT2D eigenvalue weighted by atomic mass is 10.1. The van der Waals surface area contributed by atoms with Crippen LogP contribution >= 0.6 is 0 Å². The van der Waals surface area contributed by atoms with Crippen LogP contribution in [0.2, 0.25) is 0 Å². The molecule has 0 aliphatic carbocycles. The molecule has 0 saturated carbocycles. The fourth-order valence-electron chi connectivity index (χ4n) is 2.91. The molecule has 1 saturated heterocycles. The van der Waals surface area contributed by atoms with Crippen LogP contribution in [-0.2, 0) is 0 Å². The molecule has 0 amide bonds. The molecule has 1 aromatic carbocycles. The molecule has 0 atom stereocenters. The fraction of sp³-hybridized carbons (Fsp3) is 0.667. The van der Waals surface area contributed by atoms with Crippen molar-refractivity contribution in [1.29, 1.82) is 0 Å². The molecule has 0 bridgehead atoms. The highest BCUT2D eigenvalue weighted by atomic mass is 16.5. The van der Waals surface area contributed by atoms with Gasteiger partial charge in [-0.25, -0.2) is 0 Å². The van der Waals surface area contributed by atoms with Crippen molar-refractivity contribution in [2.45, 2.75) is 51.4 Å². The molecule has 1 fully saturated rings. The second-order valence-corrected chi connectivity index (χ2v) is 5.99. The topological polar surface area (TPSA) is 32.7 Å². The molecule has 1 aliphatic heterocycles. The number of piperidine rings is 1. The molecular formula is C18H29NO2. The first-order chi connectivity index (χ1) is 10.4. The smallest absolute Gasteiger partial charge is 0.160 e. The molecule has 1 aliphatic rings. The maximum atomic E-state index is 9.58. The third-order valence-electron chi connectivity index (χ3n) is 4.19. The number of para-hydroxylation sites is 2. The molecule has 1 N–H and O–H groups in total. The van der Waals surface area contributed by atoms with E-state index in [9.17, 15) is 5.11 Å². The van der Waals surface area contributed by atoms with Gasteiger partial charge in [0.1, 0.15) is 0 Å². The Morgan fingerprint density at radius 3 is 2.43 bits per heavy atom. The van der Waals surface area contributed by atoms with Gasteiger partial charge in [-0.05, 0) is 57.5 Å². The molecule has 3 heteroatoms. The number of ether oxygens (including phenoxy) is 1. The van der Waals surface area contributed by atoms with Crippen molar-refractivity contribution in [1.82, 2.24) is 4.90 Å². The lowest BCUT2D eigenvalue weighted by Crippen LogP contribution is -2.30. The summed E-state index contributed by atoms with van der Waals surface area (Å²) >= 11 is 0. The Kier molecular flexibility index (Phi) is 7.44. The van der Waals surface area contributed by atoms with Crippen LogP contribution in [0.25, 0.3) is 0 Å². The monoisotopic (exact) mass is 291 g/mol. The summed E-state index contributed by atoms with van der Waals surface area (Å²) in [5.41, 5.74) is 0. The van der Waals surface area contributed by atoms with E-state index in [4.69, 9.17) is 4.74 Å². The van der Waals surface area contributed by atoms with Gasteiger partial charge in [-0.2, -0.15) is 0 Å². The van der Waals surface area contributed by atoms with Gasteiger partial charge in [-0.1, -0.05) is 37.8 Å². The Balaban J connectivity index is 1.42. The Hall–Kier alpha value is -1.22. The number of phenols is 1. The zero-order chi connectivity index (χ0) is 14.8. The first-order valence-electron chi connectivity index (χ1n) is 8.49. The van der Waals surface area contributed by atoms with Crippen LogP contribution in [0.4, 0.5) is 0 Å². The van der Waals surface area contributed by atoms with E-state index >= 15 is 0 Å². The van der Waals surface area contributed by atoms with E-state index in [1.165, 1.54) is 64.6 Å². The molecule has 0 unspecified atom stereocenters. The van der Waals surface area contributed by atoms with Gasteiger partial charge in [0.05, 0.1) is 6.61 Å². The summed E-state index contributed by atoms with van der Waals surface area (Å²) in [6.45, 7) is 4.61. The number of unbranched alkanes of at least 4 members (excludes halogenated alkanes) is 4. The van der Waals surface area contributed by atoms with Crippen molar-refractivity contribution in [2.75, 3.05) is 26.2 Å². The van der Waals surface area contributed by atoms with Gasteiger partial charge in [-0.15, -0.1) is 0 Å². The quantitative estimate of drug-likeness (QED) is 0.692. The standard InChI is InChI=1S/C18H29NO2/c20-17-11-5-6-12-18(17)21-16-10-3-1-2-7-13-19-14-8-4-9-15-19/h5-6,11-12,20H,1-4,7-10,13-16H2. The first kappa shape index (κ1) is 16.2. The highest BCUT2D eigenvalue weighted by molar-refractivity contribution is 5.37. The van der Waals surface area contributed by atoms with Crippen molar-refractivity contribution >= 4 is 0 Å². The van der Waals surface area contributed by atoms with Crippen molar-refractivity contribution in [3.05, 3.63) is 24.3 Å². The number of nitrogens with zero attached hydrogens (tertiary/aromatic N) is 1. The molecule has 118 valence electrons. The van der Waals surface area contributed by atoms with E-state index in [2.05, 4.69) is 4.90 Å². The second-order valence-electron chi connectivity index (χ2n) is 5.99. The molecule has 0 spiro atoms. The fourth-order valence-corrected chi connectivity index (χ4v) is 2.91. The third kappa shape index (κ3) is 6.38. The van der Waals surface area contributed by atoms with E-state index in [0.29, 0.717) is 12.4 Å². The number of benzene rings is 1. The van der Waals surface area contributed by atoms with Gasteiger partial charge in [0.25, 0.3) is 0 Å². The summed E-state index contributed by atoms with van der Waals surface area (Å²) in [7, 11) is 0. The van der Waals surface area contributed by atoms with Crippen molar-refractivity contribution in [3.63, 3.8) is 0 Å². The van der Waals surface area contributed by atoms with Crippen molar-refractivity contribution in [3.8, 4) is 11.5 Å². The predicted octanol–water partition coefficient (Wildman–Crippen LogP) is 4.21. The van der Waals surface area contributed by atoms with Crippen LogP contribution < -0.4 is 4.74 Å². The van der Waals surface area contributed by atoms with Gasteiger partial charge in [0, 0.05) is 0 Å². The minimum atomic E-state index is 0.235. The summed E-state index contributed by atoms with van der Waals surface area (Å²) in [5.74, 6) is 0.835. The van der Waals surface area contributed by atoms with Crippen LogP contribution in [0.15, 0.2) is 24.3 Å². The SMILES string of the molecule is Oc1ccccc1OCCCCCCCN1CCCCC1. The lowest BCUT2D eigenvalue weighted by Gasteiger charge is -2.26. The highest BCUT2D eigenvalue weighted by Crippen LogP contribution is 2.24. The number of rotatable bonds is 9. The predicted molar refractivity (Wildman–Crippen MR) is 87.0 cm³/mol. The Morgan fingerprint density at radius 1 is 0.905 bits per heavy atom. The largest absolute Gasteiger partial charge is 0.504 e. The molecule has 0 radical (unpaired) electrons. The lowest BCUT2D eigenvalue weighted by molar-refractivity contribution is 0.223. The van der Waals surface area contributed by atoms with Gasteiger partial charge in [0.2, 0.25) is 0 Å². The van der Waals surface area contributed by atoms with Gasteiger partial charge in [-0.3, -0.25) is 0 Å². The van der Waals surface area contributed by atoms with Crippen LogP contribution in [-0.4, -0.2) is 36.2 Å². The summed E-state index contributed by atoms with van der Waals surface area (Å²) in [6.07, 6.45) is 10.4. The van der Waals surface area contributed by atoms with Gasteiger partial charge in [0.15, 0.2) is 11.5 Å². The normalized spacial score (nSPS) is 16.0. The minimum absolute atomic E-state index is 0.235. The summed E-state index contributed by atoms with van der Waals surface area (Å²) < 4.78 is 5.58.